The average molecular weight is 314 g/mol. The van der Waals surface area contributed by atoms with Gasteiger partial charge >= 0.3 is 6.61 Å². The summed E-state index contributed by atoms with van der Waals surface area (Å²) in [6, 6.07) is 6.39. The fourth-order valence-corrected chi connectivity index (χ4v) is 1.90. The molecule has 0 saturated heterocycles. The molecule has 1 heterocycles. The molecule has 112 valence electrons. The van der Waals surface area contributed by atoms with Crippen molar-refractivity contribution in [3.63, 3.8) is 0 Å². The fourth-order valence-electron chi connectivity index (χ4n) is 1.71. The normalized spacial score (nSPS) is 10.8. The van der Waals surface area contributed by atoms with Gasteiger partial charge in [-0.15, -0.1) is 0 Å². The number of nitrogens with one attached hydrogen (secondary N) is 1. The number of nitrogens with zero attached hydrogens (tertiary/aromatic N) is 2. The lowest BCUT2D eigenvalue weighted by Gasteiger charge is -2.14. The Morgan fingerprint density at radius 2 is 2.00 bits per heavy atom. The molecule has 4 nitrogen and oxygen atoms in total. The van der Waals surface area contributed by atoms with Crippen molar-refractivity contribution in [2.24, 2.45) is 0 Å². The van der Waals surface area contributed by atoms with Gasteiger partial charge in [0.05, 0.1) is 5.69 Å². The van der Waals surface area contributed by atoms with Crippen LogP contribution in [0.1, 0.15) is 18.3 Å². The number of para-hydroxylation sites is 2. The highest BCUT2D eigenvalue weighted by Crippen LogP contribution is 2.30. The second-order valence-corrected chi connectivity index (χ2v) is 4.62. The molecule has 0 spiro atoms. The summed E-state index contributed by atoms with van der Waals surface area (Å²) in [5, 5.41) is 3.30. The lowest BCUT2D eigenvalue weighted by atomic mass is 10.2. The van der Waals surface area contributed by atoms with Crippen molar-refractivity contribution in [2.45, 2.75) is 26.9 Å². The third-order valence-corrected chi connectivity index (χ3v) is 3.17. The van der Waals surface area contributed by atoms with Crippen molar-refractivity contribution in [2.75, 3.05) is 5.32 Å². The largest absolute Gasteiger partial charge is 0.433 e. The van der Waals surface area contributed by atoms with Crippen molar-refractivity contribution < 1.29 is 13.5 Å². The summed E-state index contributed by atoms with van der Waals surface area (Å²) in [4.78, 5) is 8.44. The lowest BCUT2D eigenvalue weighted by Crippen LogP contribution is -2.07. The predicted molar refractivity (Wildman–Crippen MR) is 77.5 cm³/mol. The van der Waals surface area contributed by atoms with Crippen LogP contribution in [0.15, 0.2) is 24.3 Å². The molecule has 21 heavy (non-hydrogen) atoms. The molecule has 1 aromatic heterocycles. The van der Waals surface area contributed by atoms with E-state index in [2.05, 4.69) is 20.0 Å². The minimum atomic E-state index is -2.89. The molecule has 0 fully saturated rings. The van der Waals surface area contributed by atoms with E-state index in [1.54, 1.807) is 25.1 Å². The van der Waals surface area contributed by atoms with E-state index in [4.69, 9.17) is 11.6 Å². The Morgan fingerprint density at radius 1 is 1.29 bits per heavy atom. The molecule has 0 aliphatic rings. The highest BCUT2D eigenvalue weighted by molar-refractivity contribution is 6.30. The zero-order valence-corrected chi connectivity index (χ0v) is 12.3. The number of halogens is 3. The summed E-state index contributed by atoms with van der Waals surface area (Å²) in [5.74, 6) is 1.08. The zero-order valence-electron chi connectivity index (χ0n) is 11.5. The first-order valence-corrected chi connectivity index (χ1v) is 6.73. The topological polar surface area (TPSA) is 47.0 Å². The van der Waals surface area contributed by atoms with E-state index in [9.17, 15) is 8.78 Å². The van der Waals surface area contributed by atoms with Gasteiger partial charge in [0.1, 0.15) is 22.5 Å². The lowest BCUT2D eigenvalue weighted by molar-refractivity contribution is -0.0493. The highest BCUT2D eigenvalue weighted by atomic mass is 35.5. The van der Waals surface area contributed by atoms with Crippen LogP contribution in [0.2, 0.25) is 5.15 Å². The number of benzene rings is 1. The molecule has 2 aromatic rings. The number of ether oxygens (including phenoxy) is 1. The fraction of sp³-hybridized carbons (Fsp3) is 0.286. The van der Waals surface area contributed by atoms with Gasteiger partial charge < -0.3 is 10.1 Å². The molecular formula is C14H14ClF2N3O. The first-order valence-electron chi connectivity index (χ1n) is 6.35. The van der Waals surface area contributed by atoms with Gasteiger partial charge in [0.15, 0.2) is 0 Å². The van der Waals surface area contributed by atoms with Crippen LogP contribution in [-0.4, -0.2) is 16.6 Å². The summed E-state index contributed by atoms with van der Waals surface area (Å²) in [6.07, 6.45) is 0.615. The van der Waals surface area contributed by atoms with Crippen LogP contribution in [0.25, 0.3) is 0 Å². The Kier molecular flexibility index (Phi) is 4.90. The minimum Gasteiger partial charge on any atom is -0.433 e. The van der Waals surface area contributed by atoms with Crippen molar-refractivity contribution in [1.29, 1.82) is 0 Å². The van der Waals surface area contributed by atoms with Crippen LogP contribution in [0.3, 0.4) is 0 Å². The van der Waals surface area contributed by atoms with Crippen LogP contribution in [0.5, 0.6) is 5.75 Å². The van der Waals surface area contributed by atoms with Gasteiger partial charge in [-0.1, -0.05) is 30.7 Å². The van der Waals surface area contributed by atoms with Gasteiger partial charge in [0.25, 0.3) is 0 Å². The summed E-state index contributed by atoms with van der Waals surface area (Å²) in [6.45, 7) is 0.758. The number of anilines is 2. The SMILES string of the molecule is CCc1nc(Cl)c(C)c(Nc2ccccc2OC(F)F)n1. The van der Waals surface area contributed by atoms with E-state index >= 15 is 0 Å². The van der Waals surface area contributed by atoms with Crippen LogP contribution in [-0.2, 0) is 6.42 Å². The van der Waals surface area contributed by atoms with Crippen molar-refractivity contribution in [3.05, 3.63) is 40.8 Å². The second-order valence-electron chi connectivity index (χ2n) is 4.26. The number of hydrogen-bond acceptors (Lipinski definition) is 4. The smallest absolute Gasteiger partial charge is 0.387 e. The molecule has 1 aromatic carbocycles. The Morgan fingerprint density at radius 3 is 2.67 bits per heavy atom. The van der Waals surface area contributed by atoms with Crippen LogP contribution in [0, 0.1) is 6.92 Å². The molecule has 1 N–H and O–H groups in total. The molecule has 0 aliphatic heterocycles. The van der Waals surface area contributed by atoms with Crippen LogP contribution >= 0.6 is 11.6 Å². The molecule has 0 bridgehead atoms. The standard InChI is InChI=1S/C14H14ClF2N3O/c1-3-11-19-12(15)8(2)13(20-11)18-9-6-4-5-7-10(9)21-14(16)17/h4-7,14H,3H2,1-2H3,(H,18,19,20). The molecule has 0 amide bonds. The van der Waals surface area contributed by atoms with Gasteiger partial charge in [0.2, 0.25) is 0 Å². The zero-order chi connectivity index (χ0) is 15.4. The summed E-state index contributed by atoms with van der Waals surface area (Å²) < 4.78 is 29.3. The Labute approximate surface area is 126 Å². The molecular weight excluding hydrogens is 300 g/mol. The Hall–Kier alpha value is -1.95. The number of aromatic nitrogens is 2. The number of aryl methyl sites for hydroxylation is 1. The number of rotatable bonds is 5. The van der Waals surface area contributed by atoms with Crippen molar-refractivity contribution >= 4 is 23.1 Å². The first-order chi connectivity index (χ1) is 10.0. The highest BCUT2D eigenvalue weighted by Gasteiger charge is 2.13. The summed E-state index contributed by atoms with van der Waals surface area (Å²) in [7, 11) is 0. The molecule has 0 saturated carbocycles. The minimum absolute atomic E-state index is 0.0414. The monoisotopic (exact) mass is 313 g/mol. The summed E-state index contributed by atoms with van der Waals surface area (Å²) >= 11 is 6.05. The summed E-state index contributed by atoms with van der Waals surface area (Å²) in [5.41, 5.74) is 1.03. The molecule has 0 unspecified atom stereocenters. The van der Waals surface area contributed by atoms with E-state index in [1.165, 1.54) is 6.07 Å². The van der Waals surface area contributed by atoms with Gasteiger partial charge in [-0.25, -0.2) is 9.97 Å². The van der Waals surface area contributed by atoms with Gasteiger partial charge in [-0.05, 0) is 19.1 Å². The molecule has 7 heteroatoms. The molecule has 0 aliphatic carbocycles. The quantitative estimate of drug-likeness (QED) is 0.834. The van der Waals surface area contributed by atoms with Gasteiger partial charge in [-0.3, -0.25) is 0 Å². The Bertz CT molecular complexity index is 638. The first kappa shape index (κ1) is 15.4. The number of alkyl halides is 2. The van der Waals surface area contributed by atoms with E-state index < -0.39 is 6.61 Å². The molecule has 0 radical (unpaired) electrons. The van der Waals surface area contributed by atoms with Crippen molar-refractivity contribution in [3.8, 4) is 5.75 Å². The van der Waals surface area contributed by atoms with Crippen LogP contribution in [0.4, 0.5) is 20.3 Å². The maximum atomic E-state index is 12.4. The third kappa shape index (κ3) is 3.78. The van der Waals surface area contributed by atoms with E-state index in [0.717, 1.165) is 0 Å². The molecule has 2 rings (SSSR count). The van der Waals surface area contributed by atoms with E-state index in [1.807, 2.05) is 6.92 Å². The maximum Gasteiger partial charge on any atom is 0.387 e. The third-order valence-electron chi connectivity index (χ3n) is 2.81. The van der Waals surface area contributed by atoms with E-state index in [0.29, 0.717) is 34.5 Å². The van der Waals surface area contributed by atoms with E-state index in [-0.39, 0.29) is 5.75 Å². The predicted octanol–water partition coefficient (Wildman–Crippen LogP) is 4.35. The average Bonchev–Trinajstić information content (AvgIpc) is 2.45. The number of hydrogen-bond donors (Lipinski definition) is 1. The Balaban J connectivity index is 2.36. The van der Waals surface area contributed by atoms with Crippen molar-refractivity contribution in [1.82, 2.24) is 9.97 Å². The van der Waals surface area contributed by atoms with Crippen LogP contribution < -0.4 is 10.1 Å². The molecule has 0 atom stereocenters. The van der Waals surface area contributed by atoms with Gasteiger partial charge in [-0.2, -0.15) is 8.78 Å². The second kappa shape index (κ2) is 6.67. The van der Waals surface area contributed by atoms with Gasteiger partial charge in [0, 0.05) is 12.0 Å². The maximum absolute atomic E-state index is 12.4.